The Labute approximate surface area is 94.4 Å². The minimum Gasteiger partial charge on any atom is -0.311 e. The first-order valence-electron chi connectivity index (χ1n) is 6.78. The van der Waals surface area contributed by atoms with Crippen LogP contribution >= 0.6 is 0 Å². The number of nitrogens with one attached hydrogen (secondary N) is 1. The van der Waals surface area contributed by atoms with Crippen LogP contribution in [0.5, 0.6) is 0 Å². The smallest absolute Gasteiger partial charge is 0.00705 e. The van der Waals surface area contributed by atoms with Crippen LogP contribution in [0, 0.1) is 5.92 Å². The maximum absolute atomic E-state index is 3.80. The van der Waals surface area contributed by atoms with Crippen molar-refractivity contribution >= 4 is 0 Å². The van der Waals surface area contributed by atoms with Crippen LogP contribution in [-0.4, -0.2) is 36.6 Å². The normalized spacial score (nSPS) is 27.6. The van der Waals surface area contributed by atoms with E-state index in [0.29, 0.717) is 0 Å². The van der Waals surface area contributed by atoms with Crippen molar-refractivity contribution in [2.24, 2.45) is 5.92 Å². The molecule has 1 atom stereocenters. The van der Waals surface area contributed by atoms with E-state index in [9.17, 15) is 0 Å². The van der Waals surface area contributed by atoms with Gasteiger partial charge in [-0.3, -0.25) is 0 Å². The molecule has 1 heterocycles. The highest BCUT2D eigenvalue weighted by Crippen LogP contribution is 2.24. The van der Waals surface area contributed by atoms with Gasteiger partial charge in [0.25, 0.3) is 0 Å². The fourth-order valence-electron chi connectivity index (χ4n) is 2.85. The topological polar surface area (TPSA) is 15.3 Å². The number of likely N-dealkylation sites (tertiary alicyclic amines) is 1. The van der Waals surface area contributed by atoms with Crippen LogP contribution in [0.2, 0.25) is 0 Å². The standard InChI is InChI=1S/C13H26N2/c1-3-15-9-7-12(8-10-15)11(2)14-13-5-4-6-13/h11-14H,3-10H2,1-2H3. The SMILES string of the molecule is CCN1CCC(C(C)NC2CCC2)CC1. The summed E-state index contributed by atoms with van der Waals surface area (Å²) in [6, 6.07) is 1.60. The zero-order chi connectivity index (χ0) is 10.7. The summed E-state index contributed by atoms with van der Waals surface area (Å²) in [5.41, 5.74) is 0. The van der Waals surface area contributed by atoms with E-state index in [4.69, 9.17) is 0 Å². The zero-order valence-corrected chi connectivity index (χ0v) is 10.3. The maximum atomic E-state index is 3.80. The Bertz CT molecular complexity index is 181. The first-order valence-corrected chi connectivity index (χ1v) is 6.78. The molecule has 1 saturated heterocycles. The summed E-state index contributed by atoms with van der Waals surface area (Å²) in [6.07, 6.45) is 7.07. The van der Waals surface area contributed by atoms with E-state index in [0.717, 1.165) is 18.0 Å². The summed E-state index contributed by atoms with van der Waals surface area (Å²) in [6.45, 7) is 8.54. The van der Waals surface area contributed by atoms with Gasteiger partial charge in [0.2, 0.25) is 0 Å². The number of hydrogen-bond acceptors (Lipinski definition) is 2. The molecular formula is C13H26N2. The Hall–Kier alpha value is -0.0800. The first kappa shape index (κ1) is 11.4. The third kappa shape index (κ3) is 2.94. The van der Waals surface area contributed by atoms with Gasteiger partial charge in [-0.05, 0) is 58.2 Å². The van der Waals surface area contributed by atoms with E-state index in [1.54, 1.807) is 0 Å². The highest BCUT2D eigenvalue weighted by Gasteiger charge is 2.26. The molecule has 15 heavy (non-hydrogen) atoms. The quantitative estimate of drug-likeness (QED) is 0.765. The van der Waals surface area contributed by atoms with Crippen molar-refractivity contribution in [2.45, 2.75) is 58.0 Å². The largest absolute Gasteiger partial charge is 0.311 e. The van der Waals surface area contributed by atoms with Gasteiger partial charge in [0.05, 0.1) is 0 Å². The molecule has 2 rings (SSSR count). The average Bonchev–Trinajstić information content (AvgIpc) is 2.23. The molecule has 0 radical (unpaired) electrons. The van der Waals surface area contributed by atoms with Crippen molar-refractivity contribution in [3.8, 4) is 0 Å². The molecule has 2 aliphatic rings. The lowest BCUT2D eigenvalue weighted by Gasteiger charge is -2.38. The monoisotopic (exact) mass is 210 g/mol. The van der Waals surface area contributed by atoms with Gasteiger partial charge in [-0.1, -0.05) is 13.3 Å². The average molecular weight is 210 g/mol. The van der Waals surface area contributed by atoms with E-state index in [1.807, 2.05) is 0 Å². The van der Waals surface area contributed by atoms with Gasteiger partial charge in [-0.2, -0.15) is 0 Å². The maximum Gasteiger partial charge on any atom is 0.00705 e. The molecule has 0 amide bonds. The third-order valence-electron chi connectivity index (χ3n) is 4.39. The lowest BCUT2D eigenvalue weighted by Crippen LogP contribution is -2.47. The molecule has 0 aromatic heterocycles. The second-order valence-corrected chi connectivity index (χ2v) is 5.35. The van der Waals surface area contributed by atoms with Gasteiger partial charge in [0.15, 0.2) is 0 Å². The van der Waals surface area contributed by atoms with Crippen molar-refractivity contribution in [3.63, 3.8) is 0 Å². The molecule has 0 aromatic rings. The molecule has 1 aliphatic heterocycles. The molecule has 0 aromatic carbocycles. The number of hydrogen-bond donors (Lipinski definition) is 1. The Morgan fingerprint density at radius 2 is 1.87 bits per heavy atom. The van der Waals surface area contributed by atoms with Crippen LogP contribution in [0.25, 0.3) is 0 Å². The summed E-state index contributed by atoms with van der Waals surface area (Å²) in [5.74, 6) is 0.924. The molecule has 0 spiro atoms. The Morgan fingerprint density at radius 3 is 2.33 bits per heavy atom. The second-order valence-electron chi connectivity index (χ2n) is 5.35. The van der Waals surface area contributed by atoms with Gasteiger partial charge in [0.1, 0.15) is 0 Å². The van der Waals surface area contributed by atoms with E-state index < -0.39 is 0 Å². The lowest BCUT2D eigenvalue weighted by molar-refractivity contribution is 0.156. The highest BCUT2D eigenvalue weighted by molar-refractivity contribution is 4.84. The van der Waals surface area contributed by atoms with Crippen molar-refractivity contribution in [3.05, 3.63) is 0 Å². The van der Waals surface area contributed by atoms with Crippen LogP contribution in [0.15, 0.2) is 0 Å². The lowest BCUT2D eigenvalue weighted by atomic mass is 9.87. The second kappa shape index (κ2) is 5.31. The Morgan fingerprint density at radius 1 is 1.20 bits per heavy atom. The van der Waals surface area contributed by atoms with Crippen LogP contribution in [0.1, 0.15) is 46.0 Å². The van der Waals surface area contributed by atoms with Gasteiger partial charge in [0, 0.05) is 12.1 Å². The van der Waals surface area contributed by atoms with Crippen LogP contribution in [-0.2, 0) is 0 Å². The van der Waals surface area contributed by atoms with E-state index in [1.165, 1.54) is 51.7 Å². The summed E-state index contributed by atoms with van der Waals surface area (Å²) < 4.78 is 0. The molecule has 2 nitrogen and oxygen atoms in total. The van der Waals surface area contributed by atoms with E-state index >= 15 is 0 Å². The Balaban J connectivity index is 1.69. The minimum absolute atomic E-state index is 0.745. The molecule has 2 fully saturated rings. The van der Waals surface area contributed by atoms with Crippen molar-refractivity contribution in [1.82, 2.24) is 10.2 Å². The zero-order valence-electron chi connectivity index (χ0n) is 10.3. The fourth-order valence-corrected chi connectivity index (χ4v) is 2.85. The molecule has 1 saturated carbocycles. The van der Waals surface area contributed by atoms with Crippen LogP contribution in [0.4, 0.5) is 0 Å². The molecule has 88 valence electrons. The predicted octanol–water partition coefficient (Wildman–Crippen LogP) is 2.25. The van der Waals surface area contributed by atoms with Crippen molar-refractivity contribution in [1.29, 1.82) is 0 Å². The van der Waals surface area contributed by atoms with Crippen molar-refractivity contribution < 1.29 is 0 Å². The van der Waals surface area contributed by atoms with Crippen LogP contribution in [0.3, 0.4) is 0 Å². The first-order chi connectivity index (χ1) is 7.29. The van der Waals surface area contributed by atoms with Gasteiger partial charge in [-0.25, -0.2) is 0 Å². The summed E-state index contributed by atoms with van der Waals surface area (Å²) >= 11 is 0. The van der Waals surface area contributed by atoms with E-state index in [-0.39, 0.29) is 0 Å². The van der Waals surface area contributed by atoms with Gasteiger partial charge in [-0.15, -0.1) is 0 Å². The molecule has 1 unspecified atom stereocenters. The number of nitrogens with zero attached hydrogens (tertiary/aromatic N) is 1. The highest BCUT2D eigenvalue weighted by atomic mass is 15.1. The van der Waals surface area contributed by atoms with Crippen LogP contribution < -0.4 is 5.32 Å². The molecule has 1 N–H and O–H groups in total. The predicted molar refractivity (Wildman–Crippen MR) is 65.1 cm³/mol. The molecule has 2 heteroatoms. The number of rotatable bonds is 4. The summed E-state index contributed by atoms with van der Waals surface area (Å²) in [5, 5.41) is 3.80. The van der Waals surface area contributed by atoms with E-state index in [2.05, 4.69) is 24.1 Å². The minimum atomic E-state index is 0.745. The molecule has 0 bridgehead atoms. The number of piperidine rings is 1. The molecule has 1 aliphatic carbocycles. The summed E-state index contributed by atoms with van der Waals surface area (Å²) in [4.78, 5) is 2.58. The van der Waals surface area contributed by atoms with Crippen molar-refractivity contribution in [2.75, 3.05) is 19.6 Å². The van der Waals surface area contributed by atoms with Gasteiger partial charge >= 0.3 is 0 Å². The third-order valence-corrected chi connectivity index (χ3v) is 4.39. The Kier molecular flexibility index (Phi) is 4.04. The molecular weight excluding hydrogens is 184 g/mol. The van der Waals surface area contributed by atoms with Gasteiger partial charge < -0.3 is 10.2 Å². The fraction of sp³-hybridized carbons (Fsp3) is 1.00. The summed E-state index contributed by atoms with van der Waals surface area (Å²) in [7, 11) is 0.